The molecular weight excluding hydrogens is 472 g/mol. The molecule has 0 fully saturated rings. The van der Waals surface area contributed by atoms with Gasteiger partial charge in [-0.3, -0.25) is 19.3 Å². The third-order valence-corrected chi connectivity index (χ3v) is 8.12. The number of benzene rings is 1. The number of phenols is 1. The van der Waals surface area contributed by atoms with Gasteiger partial charge in [0, 0.05) is 11.5 Å². The minimum absolute atomic E-state index is 0.00878. The summed E-state index contributed by atoms with van der Waals surface area (Å²) in [7, 11) is 3.19. The minimum atomic E-state index is -2.63. The minimum Gasteiger partial charge on any atom is -0.510 e. The van der Waals surface area contributed by atoms with Crippen molar-refractivity contribution >= 4 is 28.8 Å². The Morgan fingerprint density at radius 3 is 2.49 bits per heavy atom. The van der Waals surface area contributed by atoms with Gasteiger partial charge in [0.1, 0.15) is 22.8 Å². The molecule has 1 aromatic heterocycles. The third-order valence-electron chi connectivity index (χ3n) is 7.44. The van der Waals surface area contributed by atoms with Gasteiger partial charge in [0.15, 0.2) is 11.4 Å². The van der Waals surface area contributed by atoms with Crippen LogP contribution in [0.3, 0.4) is 0 Å². The number of aliphatic hydroxyl groups excluding tert-OH is 2. The number of amides is 1. The van der Waals surface area contributed by atoms with E-state index in [1.165, 1.54) is 22.3 Å². The maximum atomic E-state index is 13.7. The summed E-state index contributed by atoms with van der Waals surface area (Å²) < 4.78 is 0. The van der Waals surface area contributed by atoms with E-state index in [1.54, 1.807) is 20.2 Å². The van der Waals surface area contributed by atoms with Crippen LogP contribution in [-0.4, -0.2) is 68.5 Å². The number of fused-ring (bicyclic) bond motifs is 3. The molecule has 0 bridgehead atoms. The number of allylic oxidation sites excluding steroid dienone is 1. The molecule has 0 aliphatic heterocycles. The number of nitrogens with two attached hydrogens (primary N) is 1. The summed E-state index contributed by atoms with van der Waals surface area (Å²) in [5.41, 5.74) is 4.00. The summed E-state index contributed by atoms with van der Waals surface area (Å²) in [6.07, 6.45) is 0.318. The largest absolute Gasteiger partial charge is 0.510 e. The van der Waals surface area contributed by atoms with Gasteiger partial charge in [-0.05, 0) is 72.4 Å². The zero-order valence-electron chi connectivity index (χ0n) is 19.0. The molecule has 1 amide bonds. The van der Waals surface area contributed by atoms with Crippen LogP contribution >= 0.6 is 11.3 Å². The van der Waals surface area contributed by atoms with E-state index in [-0.39, 0.29) is 29.7 Å². The average molecular weight is 497 g/mol. The molecule has 0 radical (unpaired) electrons. The summed E-state index contributed by atoms with van der Waals surface area (Å²) >= 11 is 1.49. The number of Topliss-reactive ketones (excluding diaryl/α,β-unsaturated/α-hetero) is 2. The fourth-order valence-electron chi connectivity index (χ4n) is 5.94. The van der Waals surface area contributed by atoms with Gasteiger partial charge in [-0.25, -0.2) is 0 Å². The van der Waals surface area contributed by atoms with E-state index in [0.29, 0.717) is 5.56 Å². The van der Waals surface area contributed by atoms with Crippen molar-refractivity contribution in [2.24, 2.45) is 17.6 Å². The number of carbonyl (C=O) groups is 3. The van der Waals surface area contributed by atoms with E-state index in [1.807, 2.05) is 16.8 Å². The van der Waals surface area contributed by atoms with Crippen molar-refractivity contribution in [3.05, 3.63) is 62.8 Å². The van der Waals surface area contributed by atoms with Gasteiger partial charge in [-0.15, -0.1) is 0 Å². The number of likely N-dealkylation sites (N-methyl/N-ethyl adjacent to an activating group) is 1. The lowest BCUT2D eigenvalue weighted by atomic mass is 9.58. The van der Waals surface area contributed by atoms with Gasteiger partial charge < -0.3 is 26.2 Å². The number of phenolic OH excluding ortho intramolecular Hbond substituents is 1. The van der Waals surface area contributed by atoms with E-state index in [9.17, 15) is 34.8 Å². The lowest BCUT2D eigenvalue weighted by molar-refractivity contribution is -0.148. The number of thiophene rings is 1. The molecule has 0 saturated carbocycles. The lowest BCUT2D eigenvalue weighted by Gasteiger charge is -2.50. The Morgan fingerprint density at radius 1 is 1.17 bits per heavy atom. The third kappa shape index (κ3) is 3.03. The molecule has 6 N–H and O–H groups in total. The smallest absolute Gasteiger partial charge is 0.255 e. The number of ketones is 2. The Kier molecular flexibility index (Phi) is 5.17. The Labute approximate surface area is 204 Å². The molecule has 4 atom stereocenters. The molecule has 0 spiro atoms. The van der Waals surface area contributed by atoms with Gasteiger partial charge in [0.05, 0.1) is 11.6 Å². The van der Waals surface area contributed by atoms with E-state index in [0.717, 1.165) is 11.1 Å². The molecule has 9 nitrogen and oxygen atoms in total. The van der Waals surface area contributed by atoms with Crippen molar-refractivity contribution in [3.63, 3.8) is 0 Å². The van der Waals surface area contributed by atoms with Crippen LogP contribution < -0.4 is 5.73 Å². The Bertz CT molecular complexity index is 1360. The van der Waals surface area contributed by atoms with Gasteiger partial charge in [0.25, 0.3) is 5.91 Å². The van der Waals surface area contributed by atoms with Crippen LogP contribution in [0.15, 0.2) is 51.6 Å². The first kappa shape index (κ1) is 23.3. The summed E-state index contributed by atoms with van der Waals surface area (Å²) in [5.74, 6) is -6.54. The predicted octanol–water partition coefficient (Wildman–Crippen LogP) is 1.85. The molecule has 2 aromatic rings. The second-order valence-corrected chi connectivity index (χ2v) is 10.2. The van der Waals surface area contributed by atoms with E-state index >= 15 is 0 Å². The summed E-state index contributed by atoms with van der Waals surface area (Å²) in [4.78, 5) is 40.5. The van der Waals surface area contributed by atoms with Crippen LogP contribution in [0.2, 0.25) is 0 Å². The topological polar surface area (TPSA) is 161 Å². The van der Waals surface area contributed by atoms with Crippen molar-refractivity contribution in [2.75, 3.05) is 14.1 Å². The SMILES string of the molecule is CN(C)[C@H]1C(O)=C(C(N)=O)C(=O)[C@]2(O)C(O)=C3C(=O)c4c(O)ccc(-c5ccsc5)c4C[C@H]3C[C@@H]12. The van der Waals surface area contributed by atoms with E-state index in [2.05, 4.69) is 0 Å². The molecule has 0 unspecified atom stereocenters. The highest BCUT2D eigenvalue weighted by molar-refractivity contribution is 7.08. The molecule has 1 aromatic carbocycles. The number of hydrogen-bond donors (Lipinski definition) is 5. The maximum Gasteiger partial charge on any atom is 0.255 e. The van der Waals surface area contributed by atoms with E-state index in [4.69, 9.17) is 5.73 Å². The van der Waals surface area contributed by atoms with Crippen molar-refractivity contribution in [1.82, 2.24) is 4.90 Å². The molecule has 0 saturated heterocycles. The van der Waals surface area contributed by atoms with Gasteiger partial charge in [-0.1, -0.05) is 6.07 Å². The number of carbonyl (C=O) groups excluding carboxylic acids is 3. The van der Waals surface area contributed by atoms with Crippen LogP contribution in [0.5, 0.6) is 5.75 Å². The first-order chi connectivity index (χ1) is 16.5. The highest BCUT2D eigenvalue weighted by atomic mass is 32.1. The highest BCUT2D eigenvalue weighted by Gasteiger charge is 2.63. The van der Waals surface area contributed by atoms with Crippen molar-refractivity contribution in [1.29, 1.82) is 0 Å². The molecule has 3 aliphatic carbocycles. The quantitative estimate of drug-likeness (QED) is 0.402. The Balaban J connectivity index is 1.74. The normalized spacial score (nSPS) is 28.2. The lowest BCUT2D eigenvalue weighted by Crippen LogP contribution is -2.63. The summed E-state index contributed by atoms with van der Waals surface area (Å²) in [6.45, 7) is 0. The maximum absolute atomic E-state index is 13.7. The second kappa shape index (κ2) is 7.77. The standard InChI is InChI=1S/C25H24N2O7S/c1-27(2)19-14-8-11-7-13-12(10-5-6-35-9-10)3-4-15(28)17(13)20(29)16(11)22(31)25(14,34)23(32)18(21(19)30)24(26)33/h3-6,9,11,14,19,28,30-31,34H,7-8H2,1-2H3,(H2,26,33)/t11-,14-,19+,25+/m0/s1. The fraction of sp³-hybridized carbons (Fsp3) is 0.320. The number of nitrogens with zero attached hydrogens (tertiary/aromatic N) is 1. The number of primary amides is 1. The predicted molar refractivity (Wildman–Crippen MR) is 127 cm³/mol. The van der Waals surface area contributed by atoms with Crippen molar-refractivity contribution in [3.8, 4) is 16.9 Å². The van der Waals surface area contributed by atoms with Gasteiger partial charge in [0.2, 0.25) is 5.78 Å². The van der Waals surface area contributed by atoms with Crippen LogP contribution in [0, 0.1) is 11.8 Å². The monoisotopic (exact) mass is 496 g/mol. The molecule has 3 aliphatic rings. The van der Waals surface area contributed by atoms with Gasteiger partial charge in [-0.2, -0.15) is 11.3 Å². The first-order valence-electron chi connectivity index (χ1n) is 11.0. The van der Waals surface area contributed by atoms with Crippen LogP contribution in [-0.2, 0) is 16.0 Å². The van der Waals surface area contributed by atoms with Crippen molar-refractivity contribution < 1.29 is 34.8 Å². The zero-order valence-corrected chi connectivity index (χ0v) is 19.8. The number of rotatable bonds is 3. The molecule has 35 heavy (non-hydrogen) atoms. The Hall–Kier alpha value is -3.47. The molecular formula is C25H24N2O7S. The molecule has 5 rings (SSSR count). The summed E-state index contributed by atoms with van der Waals surface area (Å²) in [6, 6.07) is 4.03. The zero-order chi connectivity index (χ0) is 25.4. The highest BCUT2D eigenvalue weighted by Crippen LogP contribution is 2.53. The first-order valence-corrected chi connectivity index (χ1v) is 12.0. The number of hydrogen-bond acceptors (Lipinski definition) is 9. The molecule has 182 valence electrons. The number of aromatic hydroxyl groups is 1. The fourth-order valence-corrected chi connectivity index (χ4v) is 6.59. The van der Waals surface area contributed by atoms with Gasteiger partial charge >= 0.3 is 0 Å². The number of aliphatic hydroxyl groups is 3. The van der Waals surface area contributed by atoms with E-state index < -0.39 is 58.0 Å². The Morgan fingerprint density at radius 2 is 1.89 bits per heavy atom. The summed E-state index contributed by atoms with van der Waals surface area (Å²) in [5, 5.41) is 48.1. The average Bonchev–Trinajstić information content (AvgIpc) is 3.30. The van der Waals surface area contributed by atoms with Crippen LogP contribution in [0.1, 0.15) is 22.3 Å². The molecule has 1 heterocycles. The second-order valence-electron chi connectivity index (χ2n) is 9.46. The van der Waals surface area contributed by atoms with Crippen LogP contribution in [0.25, 0.3) is 11.1 Å². The molecule has 10 heteroatoms. The van der Waals surface area contributed by atoms with Crippen LogP contribution in [0.4, 0.5) is 0 Å². The van der Waals surface area contributed by atoms with Crippen molar-refractivity contribution in [2.45, 2.75) is 24.5 Å².